The Morgan fingerprint density at radius 2 is 2.00 bits per heavy atom. The molecule has 0 radical (unpaired) electrons. The van der Waals surface area contributed by atoms with Crippen LogP contribution in [0, 0.1) is 0 Å². The van der Waals surface area contributed by atoms with E-state index in [0.717, 1.165) is 5.56 Å². The third-order valence-corrected chi connectivity index (χ3v) is 4.38. The van der Waals surface area contributed by atoms with E-state index in [9.17, 15) is 0 Å². The van der Waals surface area contributed by atoms with Gasteiger partial charge in [-0.3, -0.25) is 0 Å². The number of anilines is 1. The van der Waals surface area contributed by atoms with Gasteiger partial charge in [-0.05, 0) is 35.9 Å². The largest absolute Gasteiger partial charge is 0.493 e. The predicted molar refractivity (Wildman–Crippen MR) is 111 cm³/mol. The summed E-state index contributed by atoms with van der Waals surface area (Å²) in [6, 6.07) is 11.1. The fourth-order valence-corrected chi connectivity index (χ4v) is 2.96. The number of ether oxygens (including phenoxy) is 2. The van der Waals surface area contributed by atoms with Crippen LogP contribution in [0.25, 0.3) is 23.3 Å². The summed E-state index contributed by atoms with van der Waals surface area (Å²) in [6.45, 7) is 0.400. The molecule has 4 aromatic rings. The minimum atomic E-state index is -0.0778. The minimum absolute atomic E-state index is 0.0778. The quantitative estimate of drug-likeness (QED) is 0.459. The van der Waals surface area contributed by atoms with Crippen molar-refractivity contribution in [2.45, 2.75) is 6.54 Å². The van der Waals surface area contributed by atoms with E-state index in [4.69, 9.17) is 19.0 Å². The first-order chi connectivity index (χ1) is 14.7. The number of aliphatic hydroxyl groups excluding tert-OH is 1. The normalized spacial score (nSPS) is 11.3. The van der Waals surface area contributed by atoms with E-state index in [1.165, 1.54) is 0 Å². The maximum Gasteiger partial charge on any atom is 0.226 e. The summed E-state index contributed by atoms with van der Waals surface area (Å²) in [4.78, 5) is 9.12. The van der Waals surface area contributed by atoms with Crippen molar-refractivity contribution in [2.75, 3.05) is 26.1 Å². The van der Waals surface area contributed by atoms with Crippen LogP contribution < -0.4 is 14.8 Å². The van der Waals surface area contributed by atoms with Crippen LogP contribution in [0.4, 0.5) is 5.95 Å². The molecule has 0 aliphatic rings. The van der Waals surface area contributed by atoms with E-state index in [-0.39, 0.29) is 6.61 Å². The molecular weight excluding hydrogens is 386 g/mol. The number of nitrogens with one attached hydrogen (secondary N) is 1. The third kappa shape index (κ3) is 3.96. The fraction of sp³-hybridized carbons (Fsp3) is 0.190. The molecule has 4 rings (SSSR count). The molecule has 3 heterocycles. The average Bonchev–Trinajstić information content (AvgIpc) is 3.45. The number of aliphatic hydroxyl groups is 1. The van der Waals surface area contributed by atoms with Crippen molar-refractivity contribution in [3.8, 4) is 23.1 Å². The topological polar surface area (TPSA) is 107 Å². The van der Waals surface area contributed by atoms with Gasteiger partial charge in [0.15, 0.2) is 22.9 Å². The van der Waals surface area contributed by atoms with E-state index in [2.05, 4.69) is 20.4 Å². The lowest BCUT2D eigenvalue weighted by atomic mass is 10.2. The Hall–Kier alpha value is -3.85. The number of furan rings is 1. The molecule has 0 saturated heterocycles. The molecule has 0 unspecified atom stereocenters. The summed E-state index contributed by atoms with van der Waals surface area (Å²) in [5.74, 6) is 2.84. The molecule has 2 N–H and O–H groups in total. The standard InChI is InChI=1S/C21H21N5O4/c1-28-16-8-7-14(11-18(16)29-2)13-22-21-23-15(5-3-9-27)12-19-24-20(25-26(19)21)17-6-4-10-30-17/h3-8,10-12,27H,9,13H2,1-2H3,(H,22,23)/b5-3+. The van der Waals surface area contributed by atoms with Gasteiger partial charge in [0, 0.05) is 12.6 Å². The maximum absolute atomic E-state index is 9.09. The van der Waals surface area contributed by atoms with Crippen molar-refractivity contribution in [3.05, 3.63) is 60.0 Å². The Labute approximate surface area is 172 Å². The number of hydrogen-bond acceptors (Lipinski definition) is 8. The van der Waals surface area contributed by atoms with Gasteiger partial charge in [0.25, 0.3) is 0 Å². The molecule has 0 atom stereocenters. The molecule has 3 aromatic heterocycles. The Kier molecular flexibility index (Phi) is 5.62. The predicted octanol–water partition coefficient (Wildman–Crippen LogP) is 3.02. The van der Waals surface area contributed by atoms with Gasteiger partial charge < -0.3 is 24.3 Å². The van der Waals surface area contributed by atoms with E-state index in [0.29, 0.717) is 46.9 Å². The minimum Gasteiger partial charge on any atom is -0.493 e. The van der Waals surface area contributed by atoms with Gasteiger partial charge in [-0.15, -0.1) is 5.10 Å². The lowest BCUT2D eigenvalue weighted by molar-refractivity contribution is 0.343. The molecule has 0 spiro atoms. The number of aromatic nitrogens is 4. The van der Waals surface area contributed by atoms with Crippen molar-refractivity contribution in [3.63, 3.8) is 0 Å². The van der Waals surface area contributed by atoms with E-state index < -0.39 is 0 Å². The Morgan fingerprint density at radius 1 is 1.13 bits per heavy atom. The molecule has 0 fully saturated rings. The van der Waals surface area contributed by atoms with Gasteiger partial charge in [0.1, 0.15) is 0 Å². The molecule has 1 aromatic carbocycles. The molecule has 9 heteroatoms. The summed E-state index contributed by atoms with van der Waals surface area (Å²) < 4.78 is 17.7. The SMILES string of the molecule is COc1ccc(CNc2nc(/C=C/CO)cc3nc(-c4ccco4)nn23)cc1OC. The van der Waals surface area contributed by atoms with Crippen LogP contribution >= 0.6 is 0 Å². The molecule has 30 heavy (non-hydrogen) atoms. The zero-order chi connectivity index (χ0) is 20.9. The summed E-state index contributed by atoms with van der Waals surface area (Å²) >= 11 is 0. The highest BCUT2D eigenvalue weighted by atomic mass is 16.5. The van der Waals surface area contributed by atoms with Crippen LogP contribution in [0.15, 0.2) is 53.2 Å². The molecule has 154 valence electrons. The summed E-state index contributed by atoms with van der Waals surface area (Å²) in [6.07, 6.45) is 4.91. The summed E-state index contributed by atoms with van der Waals surface area (Å²) in [5, 5.41) is 16.9. The van der Waals surface area contributed by atoms with Crippen molar-refractivity contribution < 1.29 is 19.0 Å². The Bertz CT molecular complexity index is 1170. The lowest BCUT2D eigenvalue weighted by Gasteiger charge is -2.11. The van der Waals surface area contributed by atoms with Crippen LogP contribution in [-0.4, -0.2) is 45.5 Å². The second kappa shape index (κ2) is 8.66. The highest BCUT2D eigenvalue weighted by Gasteiger charge is 2.14. The molecule has 0 bridgehead atoms. The van der Waals surface area contributed by atoms with Crippen LogP contribution in [-0.2, 0) is 6.54 Å². The first-order valence-electron chi connectivity index (χ1n) is 9.25. The second-order valence-corrected chi connectivity index (χ2v) is 6.32. The van der Waals surface area contributed by atoms with Gasteiger partial charge in [-0.25, -0.2) is 9.97 Å². The van der Waals surface area contributed by atoms with Crippen LogP contribution in [0.3, 0.4) is 0 Å². The third-order valence-electron chi connectivity index (χ3n) is 4.38. The summed E-state index contributed by atoms with van der Waals surface area (Å²) in [7, 11) is 3.20. The van der Waals surface area contributed by atoms with Crippen LogP contribution in [0.5, 0.6) is 11.5 Å². The smallest absolute Gasteiger partial charge is 0.226 e. The first-order valence-corrected chi connectivity index (χ1v) is 9.25. The number of hydrogen-bond donors (Lipinski definition) is 2. The van der Waals surface area contributed by atoms with E-state index >= 15 is 0 Å². The number of fused-ring (bicyclic) bond motifs is 1. The van der Waals surface area contributed by atoms with Crippen molar-refractivity contribution >= 4 is 17.7 Å². The molecule has 0 saturated carbocycles. The molecule has 9 nitrogen and oxygen atoms in total. The van der Waals surface area contributed by atoms with Gasteiger partial charge in [-0.2, -0.15) is 4.52 Å². The Balaban J connectivity index is 1.68. The monoisotopic (exact) mass is 407 g/mol. The highest BCUT2D eigenvalue weighted by Crippen LogP contribution is 2.28. The van der Waals surface area contributed by atoms with Gasteiger partial charge in [0.2, 0.25) is 11.8 Å². The van der Waals surface area contributed by atoms with E-state index in [1.54, 1.807) is 55.3 Å². The zero-order valence-corrected chi connectivity index (χ0v) is 16.6. The molecule has 0 amide bonds. The van der Waals surface area contributed by atoms with Gasteiger partial charge in [-0.1, -0.05) is 12.1 Å². The number of nitrogens with zero attached hydrogens (tertiary/aromatic N) is 4. The van der Waals surface area contributed by atoms with Crippen LogP contribution in [0.1, 0.15) is 11.3 Å². The second-order valence-electron chi connectivity index (χ2n) is 6.32. The van der Waals surface area contributed by atoms with Gasteiger partial charge in [0.05, 0.1) is 32.8 Å². The highest BCUT2D eigenvalue weighted by molar-refractivity contribution is 5.59. The molecule has 0 aliphatic heterocycles. The van der Waals surface area contributed by atoms with Gasteiger partial charge >= 0.3 is 0 Å². The first kappa shape index (κ1) is 19.5. The Morgan fingerprint density at radius 3 is 2.73 bits per heavy atom. The molecular formula is C21H21N5O4. The number of benzene rings is 1. The molecule has 0 aliphatic carbocycles. The average molecular weight is 407 g/mol. The van der Waals surface area contributed by atoms with Crippen LogP contribution in [0.2, 0.25) is 0 Å². The fourth-order valence-electron chi connectivity index (χ4n) is 2.96. The zero-order valence-electron chi connectivity index (χ0n) is 16.6. The summed E-state index contributed by atoms with van der Waals surface area (Å²) in [5.41, 5.74) is 2.22. The number of rotatable bonds is 8. The maximum atomic E-state index is 9.09. The number of methoxy groups -OCH3 is 2. The van der Waals surface area contributed by atoms with Crippen molar-refractivity contribution in [2.24, 2.45) is 0 Å². The van der Waals surface area contributed by atoms with E-state index in [1.807, 2.05) is 18.2 Å². The van der Waals surface area contributed by atoms with Crippen molar-refractivity contribution in [1.82, 2.24) is 19.6 Å². The van der Waals surface area contributed by atoms with Crippen molar-refractivity contribution in [1.29, 1.82) is 0 Å². The lowest BCUT2D eigenvalue weighted by Crippen LogP contribution is -2.08.